The minimum atomic E-state index is -0.456. The standard InChI is InChI=1S/C20H20N2O3S2/c1-11-6-4-7-13(10-11)22-18(23)16-14-8-5-9-15(14)27-17(16)21-20(22)26-12(2)19(24)25-3/h4,6-7,10,12H,5,8-9H2,1-3H3/t12-/m1/s1. The Morgan fingerprint density at radius 1 is 1.37 bits per heavy atom. The molecule has 5 nitrogen and oxygen atoms in total. The first-order valence-electron chi connectivity index (χ1n) is 8.88. The van der Waals surface area contributed by atoms with Crippen molar-refractivity contribution in [2.24, 2.45) is 0 Å². The molecule has 0 bridgehead atoms. The molecule has 4 rings (SSSR count). The normalized spacial score (nSPS) is 14.3. The predicted octanol–water partition coefficient (Wildman–Crippen LogP) is 3.90. The van der Waals surface area contributed by atoms with Crippen molar-refractivity contribution in [2.75, 3.05) is 7.11 Å². The lowest BCUT2D eigenvalue weighted by atomic mass is 10.2. The highest BCUT2D eigenvalue weighted by Crippen LogP contribution is 2.36. The number of aromatic nitrogens is 2. The first kappa shape index (κ1) is 18.3. The van der Waals surface area contributed by atoms with Crippen LogP contribution in [0.1, 0.15) is 29.3 Å². The van der Waals surface area contributed by atoms with Crippen molar-refractivity contribution in [3.63, 3.8) is 0 Å². The lowest BCUT2D eigenvalue weighted by molar-refractivity contribution is -0.139. The van der Waals surface area contributed by atoms with Crippen LogP contribution in [-0.2, 0) is 22.4 Å². The molecule has 0 fully saturated rings. The molecule has 0 N–H and O–H groups in total. The van der Waals surface area contributed by atoms with E-state index >= 15 is 0 Å². The summed E-state index contributed by atoms with van der Waals surface area (Å²) < 4.78 is 6.49. The second kappa shape index (κ2) is 7.13. The van der Waals surface area contributed by atoms with Gasteiger partial charge in [-0.15, -0.1) is 11.3 Å². The topological polar surface area (TPSA) is 61.2 Å². The fourth-order valence-electron chi connectivity index (χ4n) is 3.47. The maximum Gasteiger partial charge on any atom is 0.318 e. The number of esters is 1. The van der Waals surface area contributed by atoms with Crippen molar-refractivity contribution in [2.45, 2.75) is 43.5 Å². The Morgan fingerprint density at radius 3 is 2.93 bits per heavy atom. The first-order valence-corrected chi connectivity index (χ1v) is 10.6. The van der Waals surface area contributed by atoms with E-state index in [4.69, 9.17) is 9.72 Å². The molecular formula is C20H20N2O3S2. The van der Waals surface area contributed by atoms with Gasteiger partial charge in [0.25, 0.3) is 5.56 Å². The molecule has 7 heteroatoms. The van der Waals surface area contributed by atoms with E-state index < -0.39 is 5.25 Å². The third-order valence-corrected chi connectivity index (χ3v) is 7.00. The van der Waals surface area contributed by atoms with Gasteiger partial charge in [-0.3, -0.25) is 14.2 Å². The zero-order valence-electron chi connectivity index (χ0n) is 15.4. The minimum Gasteiger partial charge on any atom is -0.468 e. The molecule has 140 valence electrons. The number of thioether (sulfide) groups is 1. The number of benzene rings is 1. The van der Waals surface area contributed by atoms with E-state index in [-0.39, 0.29) is 11.5 Å². The van der Waals surface area contributed by atoms with E-state index in [0.29, 0.717) is 5.16 Å². The van der Waals surface area contributed by atoms with Crippen LogP contribution in [0.25, 0.3) is 15.9 Å². The molecule has 1 aliphatic rings. The van der Waals surface area contributed by atoms with Gasteiger partial charge in [0.2, 0.25) is 0 Å². The van der Waals surface area contributed by atoms with Crippen LogP contribution in [0.4, 0.5) is 0 Å². The number of rotatable bonds is 4. The van der Waals surface area contributed by atoms with E-state index in [1.165, 1.54) is 23.7 Å². The molecule has 1 aliphatic carbocycles. The minimum absolute atomic E-state index is 0.0513. The lowest BCUT2D eigenvalue weighted by Crippen LogP contribution is -2.24. The molecule has 0 saturated carbocycles. The molecule has 1 aromatic carbocycles. The summed E-state index contributed by atoms with van der Waals surface area (Å²) >= 11 is 2.87. The molecule has 0 unspecified atom stereocenters. The maximum absolute atomic E-state index is 13.5. The van der Waals surface area contributed by atoms with Crippen molar-refractivity contribution >= 4 is 39.3 Å². The van der Waals surface area contributed by atoms with Crippen LogP contribution in [-0.4, -0.2) is 27.9 Å². The van der Waals surface area contributed by atoms with Crippen LogP contribution in [0.5, 0.6) is 0 Å². The van der Waals surface area contributed by atoms with Gasteiger partial charge in [0.05, 0.1) is 18.2 Å². The Morgan fingerprint density at radius 2 is 2.19 bits per heavy atom. The number of aryl methyl sites for hydroxylation is 3. The monoisotopic (exact) mass is 400 g/mol. The molecule has 0 spiro atoms. The Labute approximate surface area is 165 Å². The SMILES string of the molecule is COC(=O)[C@@H](C)Sc1nc2sc3c(c2c(=O)n1-c1cccc(C)c1)CCC3. The quantitative estimate of drug-likeness (QED) is 0.378. The van der Waals surface area contributed by atoms with E-state index in [0.717, 1.165) is 46.3 Å². The van der Waals surface area contributed by atoms with Crippen LogP contribution in [0.15, 0.2) is 34.2 Å². The molecule has 0 saturated heterocycles. The van der Waals surface area contributed by atoms with Gasteiger partial charge in [-0.1, -0.05) is 23.9 Å². The van der Waals surface area contributed by atoms with E-state index in [1.807, 2.05) is 31.2 Å². The lowest BCUT2D eigenvalue weighted by Gasteiger charge is -2.15. The summed E-state index contributed by atoms with van der Waals surface area (Å²) in [7, 11) is 1.37. The summed E-state index contributed by atoms with van der Waals surface area (Å²) in [5.74, 6) is -0.334. The van der Waals surface area contributed by atoms with Gasteiger partial charge in [0.15, 0.2) is 5.16 Å². The van der Waals surface area contributed by atoms with Crippen molar-refractivity contribution < 1.29 is 9.53 Å². The van der Waals surface area contributed by atoms with Gasteiger partial charge < -0.3 is 4.74 Å². The Hall–Kier alpha value is -2.12. The molecule has 2 aromatic heterocycles. The maximum atomic E-state index is 13.5. The van der Waals surface area contributed by atoms with Gasteiger partial charge in [0.1, 0.15) is 10.1 Å². The highest BCUT2D eigenvalue weighted by molar-refractivity contribution is 8.00. The van der Waals surface area contributed by atoms with Crippen LogP contribution in [0.3, 0.4) is 0 Å². The number of hydrogen-bond donors (Lipinski definition) is 0. The summed E-state index contributed by atoms with van der Waals surface area (Å²) in [6.07, 6.45) is 3.04. The summed E-state index contributed by atoms with van der Waals surface area (Å²) in [4.78, 5) is 32.3. The zero-order chi connectivity index (χ0) is 19.1. The van der Waals surface area contributed by atoms with E-state index in [1.54, 1.807) is 22.8 Å². The second-order valence-electron chi connectivity index (χ2n) is 6.69. The summed E-state index contributed by atoms with van der Waals surface area (Å²) in [5.41, 5.74) is 2.94. The van der Waals surface area contributed by atoms with Crippen LogP contribution in [0.2, 0.25) is 0 Å². The van der Waals surface area contributed by atoms with Crippen molar-refractivity contribution in [1.29, 1.82) is 0 Å². The number of hydrogen-bond acceptors (Lipinski definition) is 6. The summed E-state index contributed by atoms with van der Waals surface area (Å²) in [6.45, 7) is 3.76. The fraction of sp³-hybridized carbons (Fsp3) is 0.350. The van der Waals surface area contributed by atoms with Crippen LogP contribution >= 0.6 is 23.1 Å². The second-order valence-corrected chi connectivity index (χ2v) is 9.09. The largest absolute Gasteiger partial charge is 0.468 e. The highest BCUT2D eigenvalue weighted by atomic mass is 32.2. The number of carbonyl (C=O) groups is 1. The third kappa shape index (κ3) is 3.19. The van der Waals surface area contributed by atoms with Crippen molar-refractivity contribution in [3.8, 4) is 5.69 Å². The number of ether oxygens (including phenoxy) is 1. The predicted molar refractivity (Wildman–Crippen MR) is 109 cm³/mol. The van der Waals surface area contributed by atoms with Gasteiger partial charge in [-0.2, -0.15) is 0 Å². The Balaban J connectivity index is 1.96. The smallest absolute Gasteiger partial charge is 0.318 e. The number of fused-ring (bicyclic) bond motifs is 3. The summed E-state index contributed by atoms with van der Waals surface area (Å²) in [5, 5.41) is 0.808. The summed E-state index contributed by atoms with van der Waals surface area (Å²) in [6, 6.07) is 7.79. The van der Waals surface area contributed by atoms with Crippen molar-refractivity contribution in [1.82, 2.24) is 9.55 Å². The molecule has 0 aliphatic heterocycles. The average molecular weight is 401 g/mol. The molecule has 2 heterocycles. The number of nitrogens with zero attached hydrogens (tertiary/aromatic N) is 2. The molecule has 0 amide bonds. The number of methoxy groups -OCH3 is 1. The van der Waals surface area contributed by atoms with Crippen LogP contribution in [0, 0.1) is 6.92 Å². The van der Waals surface area contributed by atoms with Gasteiger partial charge in [-0.05, 0) is 56.4 Å². The van der Waals surface area contributed by atoms with E-state index in [9.17, 15) is 9.59 Å². The van der Waals surface area contributed by atoms with Gasteiger partial charge in [0, 0.05) is 4.88 Å². The number of thiophene rings is 1. The molecule has 27 heavy (non-hydrogen) atoms. The molecular weight excluding hydrogens is 380 g/mol. The Kier molecular flexibility index (Phi) is 4.82. The third-order valence-electron chi connectivity index (χ3n) is 4.78. The molecule has 0 radical (unpaired) electrons. The van der Waals surface area contributed by atoms with Crippen LogP contribution < -0.4 is 5.56 Å². The fourth-order valence-corrected chi connectivity index (χ4v) is 5.73. The zero-order valence-corrected chi connectivity index (χ0v) is 17.1. The number of carbonyl (C=O) groups excluding carboxylic acids is 1. The molecule has 1 atom stereocenters. The first-order chi connectivity index (χ1) is 13.0. The van der Waals surface area contributed by atoms with Crippen molar-refractivity contribution in [3.05, 3.63) is 50.6 Å². The highest BCUT2D eigenvalue weighted by Gasteiger charge is 2.26. The molecule has 3 aromatic rings. The van der Waals surface area contributed by atoms with Gasteiger partial charge in [-0.25, -0.2) is 4.98 Å². The Bertz CT molecular complexity index is 1100. The van der Waals surface area contributed by atoms with E-state index in [2.05, 4.69) is 0 Å². The van der Waals surface area contributed by atoms with Gasteiger partial charge >= 0.3 is 5.97 Å². The average Bonchev–Trinajstić information content (AvgIpc) is 3.21.